The molecule has 0 saturated heterocycles. The van der Waals surface area contributed by atoms with Crippen LogP contribution in [0.25, 0.3) is 0 Å². The summed E-state index contributed by atoms with van der Waals surface area (Å²) in [6.45, 7) is -2.21. The first kappa shape index (κ1) is 17.3. The first-order chi connectivity index (χ1) is 9.54. The topological polar surface area (TPSA) is 46.3 Å². The van der Waals surface area contributed by atoms with E-state index in [0.29, 0.717) is 11.0 Å². The summed E-state index contributed by atoms with van der Waals surface area (Å²) in [7, 11) is 0. The lowest BCUT2D eigenvalue weighted by atomic mass is 10.1. The summed E-state index contributed by atoms with van der Waals surface area (Å²) in [5.74, 6) is -1.15. The Morgan fingerprint density at radius 2 is 1.76 bits per heavy atom. The van der Waals surface area contributed by atoms with Gasteiger partial charge in [0.15, 0.2) is 0 Å². The maximum Gasteiger partial charge on any atom is 0.416 e. The van der Waals surface area contributed by atoms with E-state index in [-0.39, 0.29) is 6.54 Å². The van der Waals surface area contributed by atoms with E-state index in [9.17, 15) is 31.1 Å². The lowest BCUT2D eigenvalue weighted by Crippen LogP contribution is -2.41. The number of halogens is 6. The van der Waals surface area contributed by atoms with Crippen molar-refractivity contribution in [1.29, 1.82) is 0 Å². The van der Waals surface area contributed by atoms with E-state index in [4.69, 9.17) is 5.73 Å². The van der Waals surface area contributed by atoms with Gasteiger partial charge in [-0.2, -0.15) is 26.3 Å². The van der Waals surface area contributed by atoms with Gasteiger partial charge in [-0.05, 0) is 18.2 Å². The average molecular weight is 314 g/mol. The zero-order valence-corrected chi connectivity index (χ0v) is 10.6. The van der Waals surface area contributed by atoms with Gasteiger partial charge in [0.25, 0.3) is 5.91 Å². The van der Waals surface area contributed by atoms with E-state index in [1.807, 2.05) is 0 Å². The zero-order valence-electron chi connectivity index (χ0n) is 10.6. The van der Waals surface area contributed by atoms with Gasteiger partial charge < -0.3 is 10.6 Å². The summed E-state index contributed by atoms with van der Waals surface area (Å²) < 4.78 is 74.7. The minimum Gasteiger partial charge on any atom is -0.329 e. The van der Waals surface area contributed by atoms with Crippen LogP contribution >= 0.6 is 0 Å². The number of nitrogens with zero attached hydrogens (tertiary/aromatic N) is 1. The Balaban J connectivity index is 3.04. The van der Waals surface area contributed by atoms with Crippen LogP contribution in [0, 0.1) is 0 Å². The van der Waals surface area contributed by atoms with Crippen molar-refractivity contribution >= 4 is 5.91 Å². The Hall–Kier alpha value is -1.77. The molecule has 0 radical (unpaired) electrons. The van der Waals surface area contributed by atoms with Crippen LogP contribution in [0.5, 0.6) is 0 Å². The van der Waals surface area contributed by atoms with Crippen molar-refractivity contribution in [2.45, 2.75) is 12.4 Å². The molecule has 118 valence electrons. The number of amides is 1. The molecular weight excluding hydrogens is 302 g/mol. The number of rotatable bonds is 4. The maximum atomic E-state index is 12.5. The molecule has 0 aliphatic rings. The Labute approximate surface area is 116 Å². The van der Waals surface area contributed by atoms with Gasteiger partial charge in [-0.1, -0.05) is 6.07 Å². The van der Waals surface area contributed by atoms with Crippen LogP contribution in [-0.2, 0) is 6.18 Å². The molecule has 1 aromatic rings. The minimum atomic E-state index is -4.68. The minimum absolute atomic E-state index is 0.235. The normalized spacial score (nSPS) is 12.3. The van der Waals surface area contributed by atoms with Crippen LogP contribution in [0.1, 0.15) is 15.9 Å². The molecule has 2 N–H and O–H groups in total. The molecule has 0 atom stereocenters. The number of nitrogens with two attached hydrogens (primary N) is 1. The first-order valence-corrected chi connectivity index (χ1v) is 5.78. The number of carbonyl (C=O) groups is 1. The second-order valence-corrected chi connectivity index (χ2v) is 4.21. The highest BCUT2D eigenvalue weighted by Crippen LogP contribution is 2.30. The lowest BCUT2D eigenvalue weighted by Gasteiger charge is -2.23. The summed E-state index contributed by atoms with van der Waals surface area (Å²) in [5, 5.41) is 0. The van der Waals surface area contributed by atoms with Crippen molar-refractivity contribution < 1.29 is 31.1 Å². The number of hydrogen-bond donors (Lipinski definition) is 1. The third-order valence-electron chi connectivity index (χ3n) is 2.49. The molecule has 0 bridgehead atoms. The molecule has 0 aliphatic carbocycles. The molecule has 1 aromatic carbocycles. The molecule has 1 amide bonds. The van der Waals surface area contributed by atoms with Crippen molar-refractivity contribution in [3.05, 3.63) is 35.4 Å². The van der Waals surface area contributed by atoms with Gasteiger partial charge in [-0.15, -0.1) is 0 Å². The molecule has 0 aromatic heterocycles. The quantitative estimate of drug-likeness (QED) is 0.869. The van der Waals surface area contributed by atoms with Gasteiger partial charge in [-0.25, -0.2) is 0 Å². The van der Waals surface area contributed by atoms with Crippen molar-refractivity contribution in [3.8, 4) is 0 Å². The number of carbonyl (C=O) groups excluding carboxylic acids is 1. The van der Waals surface area contributed by atoms with Crippen LogP contribution in [0.15, 0.2) is 24.3 Å². The van der Waals surface area contributed by atoms with E-state index >= 15 is 0 Å². The fourth-order valence-electron chi connectivity index (χ4n) is 1.64. The molecular formula is C12H12F6N2O. The summed E-state index contributed by atoms with van der Waals surface area (Å²) >= 11 is 0. The van der Waals surface area contributed by atoms with Gasteiger partial charge >= 0.3 is 12.4 Å². The Kier molecular flexibility index (Phi) is 5.21. The molecule has 0 unspecified atom stereocenters. The molecule has 3 nitrogen and oxygen atoms in total. The fraction of sp³-hybridized carbons (Fsp3) is 0.417. The fourth-order valence-corrected chi connectivity index (χ4v) is 1.64. The number of alkyl halides is 6. The van der Waals surface area contributed by atoms with E-state index in [1.54, 1.807) is 0 Å². The highest BCUT2D eigenvalue weighted by atomic mass is 19.4. The molecule has 0 heterocycles. The van der Waals surface area contributed by atoms with E-state index in [2.05, 4.69) is 0 Å². The molecule has 0 aliphatic heterocycles. The second-order valence-electron chi connectivity index (χ2n) is 4.21. The summed E-state index contributed by atoms with van der Waals surface area (Å²) in [5.41, 5.74) is 3.55. The highest BCUT2D eigenvalue weighted by Gasteiger charge is 2.34. The van der Waals surface area contributed by atoms with Gasteiger partial charge in [0, 0.05) is 18.7 Å². The van der Waals surface area contributed by atoms with E-state index in [1.165, 1.54) is 0 Å². The number of benzene rings is 1. The van der Waals surface area contributed by atoms with Gasteiger partial charge in [0.05, 0.1) is 5.56 Å². The molecule has 0 spiro atoms. The Morgan fingerprint density at radius 1 is 1.14 bits per heavy atom. The van der Waals surface area contributed by atoms with E-state index in [0.717, 1.165) is 18.2 Å². The third kappa shape index (κ3) is 5.25. The standard InChI is InChI=1S/C12H12F6N2O/c13-11(14,15)7-20(5-4-19)10(21)8-2-1-3-9(6-8)12(16,17)18/h1-3,6H,4-5,7,19H2. The van der Waals surface area contributed by atoms with Crippen LogP contribution in [0.4, 0.5) is 26.3 Å². The van der Waals surface area contributed by atoms with Crippen LogP contribution in [-0.4, -0.2) is 36.6 Å². The average Bonchev–Trinajstić information content (AvgIpc) is 2.35. The smallest absolute Gasteiger partial charge is 0.329 e. The zero-order chi connectivity index (χ0) is 16.3. The SMILES string of the molecule is NCCN(CC(F)(F)F)C(=O)c1cccc(C(F)(F)F)c1. The highest BCUT2D eigenvalue weighted by molar-refractivity contribution is 5.94. The molecule has 9 heteroatoms. The molecule has 21 heavy (non-hydrogen) atoms. The lowest BCUT2D eigenvalue weighted by molar-refractivity contribution is -0.141. The Morgan fingerprint density at radius 3 is 2.24 bits per heavy atom. The molecule has 0 fully saturated rings. The third-order valence-corrected chi connectivity index (χ3v) is 2.49. The van der Waals surface area contributed by atoms with Crippen LogP contribution < -0.4 is 5.73 Å². The largest absolute Gasteiger partial charge is 0.416 e. The first-order valence-electron chi connectivity index (χ1n) is 5.78. The molecule has 1 rings (SSSR count). The van der Waals surface area contributed by atoms with E-state index < -0.39 is 42.5 Å². The van der Waals surface area contributed by atoms with Crippen LogP contribution in [0.2, 0.25) is 0 Å². The second kappa shape index (κ2) is 6.33. The summed E-state index contributed by atoms with van der Waals surface area (Å²) in [4.78, 5) is 12.3. The predicted molar refractivity (Wildman–Crippen MR) is 62.5 cm³/mol. The van der Waals surface area contributed by atoms with Gasteiger partial charge in [0.1, 0.15) is 6.54 Å². The van der Waals surface area contributed by atoms with Crippen molar-refractivity contribution in [3.63, 3.8) is 0 Å². The maximum absolute atomic E-state index is 12.5. The Bertz CT molecular complexity index is 497. The monoisotopic (exact) mass is 314 g/mol. The van der Waals surface area contributed by atoms with Crippen molar-refractivity contribution in [1.82, 2.24) is 4.90 Å². The van der Waals surface area contributed by atoms with Crippen molar-refractivity contribution in [2.24, 2.45) is 5.73 Å². The number of hydrogen-bond acceptors (Lipinski definition) is 2. The van der Waals surface area contributed by atoms with Gasteiger partial charge in [-0.3, -0.25) is 4.79 Å². The summed E-state index contributed by atoms with van der Waals surface area (Å²) in [6, 6.07) is 3.23. The molecule has 0 saturated carbocycles. The summed E-state index contributed by atoms with van der Waals surface area (Å²) in [6.07, 6.45) is -9.34. The van der Waals surface area contributed by atoms with Crippen LogP contribution in [0.3, 0.4) is 0 Å². The predicted octanol–water partition coefficient (Wildman–Crippen LogP) is 2.67. The van der Waals surface area contributed by atoms with Gasteiger partial charge in [0.2, 0.25) is 0 Å². The van der Waals surface area contributed by atoms with Crippen molar-refractivity contribution in [2.75, 3.05) is 19.6 Å².